The molecular formula is C14H8F16O4. The van der Waals surface area contributed by atoms with Gasteiger partial charge in [0, 0.05) is 0 Å². The summed E-state index contributed by atoms with van der Waals surface area (Å²) in [5.41, 5.74) is -17.2. The van der Waals surface area contributed by atoms with E-state index in [1.165, 1.54) is 0 Å². The van der Waals surface area contributed by atoms with E-state index >= 15 is 0 Å². The Morgan fingerprint density at radius 3 is 1.50 bits per heavy atom. The fourth-order valence-electron chi connectivity index (χ4n) is 2.87. The summed E-state index contributed by atoms with van der Waals surface area (Å²) in [6.07, 6.45) is -31.5. The molecule has 1 fully saturated rings. The van der Waals surface area contributed by atoms with Crippen LogP contribution in [0.1, 0.15) is 13.3 Å². The van der Waals surface area contributed by atoms with Crippen LogP contribution in [0.5, 0.6) is 0 Å². The van der Waals surface area contributed by atoms with E-state index in [2.05, 4.69) is 9.47 Å². The van der Waals surface area contributed by atoms with Crippen LogP contribution >= 0.6 is 0 Å². The second-order valence-corrected chi connectivity index (χ2v) is 6.62. The maximum absolute atomic E-state index is 14.6. The van der Waals surface area contributed by atoms with Crippen molar-refractivity contribution in [2.24, 2.45) is 0 Å². The standard InChI is InChI=1S/C14H8F16O4/c1-3-6(12(22,23)24)9(18,19)8(32,13(25,26)27)10(20,21)11(34-6,14(28,29)30)33-5(31)4(2)7(15,16)17/h32H,2-3H2,1H3. The SMILES string of the molecule is C=C(C(=O)OC1(C(F)(F)F)OC(CC)(C(F)(F)F)C(F)(F)C(O)(C(F)(F)F)C1(F)F)C(F)(F)F. The third-order valence-electron chi connectivity index (χ3n) is 4.71. The minimum absolute atomic E-state index is 0.251. The summed E-state index contributed by atoms with van der Waals surface area (Å²) < 4.78 is 222. The summed E-state index contributed by atoms with van der Waals surface area (Å²) in [5, 5.41) is 9.26. The van der Waals surface area contributed by atoms with E-state index in [0.717, 1.165) is 0 Å². The highest BCUT2D eigenvalue weighted by Crippen LogP contribution is 2.70. The molecule has 0 aromatic heterocycles. The lowest BCUT2D eigenvalue weighted by molar-refractivity contribution is -0.578. The Kier molecular flexibility index (Phi) is 6.63. The van der Waals surface area contributed by atoms with E-state index in [4.69, 9.17) is 0 Å². The van der Waals surface area contributed by atoms with Crippen LogP contribution in [-0.2, 0) is 14.3 Å². The Hall–Kier alpha value is -1.99. The van der Waals surface area contributed by atoms with Gasteiger partial charge in [-0.05, 0) is 6.42 Å². The zero-order valence-electron chi connectivity index (χ0n) is 15.6. The van der Waals surface area contributed by atoms with Crippen LogP contribution in [0, 0.1) is 0 Å². The minimum atomic E-state index is -7.86. The Morgan fingerprint density at radius 2 is 1.24 bits per heavy atom. The Balaban J connectivity index is 4.28. The van der Waals surface area contributed by atoms with Crippen LogP contribution in [0.15, 0.2) is 12.2 Å². The van der Waals surface area contributed by atoms with Crippen molar-refractivity contribution in [2.45, 2.75) is 66.9 Å². The van der Waals surface area contributed by atoms with Crippen LogP contribution in [0.4, 0.5) is 70.2 Å². The molecule has 3 atom stereocenters. The molecule has 0 aliphatic carbocycles. The number of aliphatic hydroxyl groups is 1. The molecule has 34 heavy (non-hydrogen) atoms. The van der Waals surface area contributed by atoms with Gasteiger partial charge in [-0.3, -0.25) is 0 Å². The number of carbonyl (C=O) groups is 1. The van der Waals surface area contributed by atoms with Crippen molar-refractivity contribution in [2.75, 3.05) is 0 Å². The molecule has 4 nitrogen and oxygen atoms in total. The average Bonchev–Trinajstić information content (AvgIpc) is 2.57. The molecule has 0 saturated carbocycles. The Morgan fingerprint density at radius 1 is 0.824 bits per heavy atom. The fraction of sp³-hybridized carbons (Fsp3) is 0.786. The van der Waals surface area contributed by atoms with E-state index in [-0.39, 0.29) is 6.92 Å². The number of esters is 1. The number of hydrogen-bond acceptors (Lipinski definition) is 4. The van der Waals surface area contributed by atoms with Gasteiger partial charge in [0.1, 0.15) is 5.57 Å². The van der Waals surface area contributed by atoms with Crippen LogP contribution in [0.2, 0.25) is 0 Å². The monoisotopic (exact) mass is 544 g/mol. The normalized spacial score (nSPS) is 32.3. The molecule has 3 unspecified atom stereocenters. The molecule has 1 rings (SSSR count). The molecule has 0 aromatic rings. The van der Waals surface area contributed by atoms with Crippen molar-refractivity contribution in [3.63, 3.8) is 0 Å². The van der Waals surface area contributed by atoms with Crippen molar-refractivity contribution in [3.8, 4) is 0 Å². The van der Waals surface area contributed by atoms with Crippen LogP contribution in [0.25, 0.3) is 0 Å². The highest BCUT2D eigenvalue weighted by molar-refractivity contribution is 5.89. The second kappa shape index (κ2) is 7.50. The predicted octanol–water partition coefficient (Wildman–Crippen LogP) is 5.21. The van der Waals surface area contributed by atoms with E-state index in [1.807, 2.05) is 0 Å². The molecule has 0 spiro atoms. The van der Waals surface area contributed by atoms with Gasteiger partial charge in [0.15, 0.2) is 0 Å². The third-order valence-corrected chi connectivity index (χ3v) is 4.71. The smallest absolute Gasteiger partial charge is 0.414 e. The Labute approximate surface area is 176 Å². The van der Waals surface area contributed by atoms with E-state index < -0.39 is 71.5 Å². The highest BCUT2D eigenvalue weighted by atomic mass is 19.4. The van der Waals surface area contributed by atoms with Gasteiger partial charge in [-0.1, -0.05) is 13.5 Å². The Bertz CT molecular complexity index is 837. The lowest BCUT2D eigenvalue weighted by atomic mass is 9.69. The maximum atomic E-state index is 14.6. The molecule has 0 radical (unpaired) electrons. The highest BCUT2D eigenvalue weighted by Gasteiger charge is 3.01. The molecule has 1 aliphatic heterocycles. The van der Waals surface area contributed by atoms with Gasteiger partial charge in [-0.2, -0.15) is 70.2 Å². The predicted molar refractivity (Wildman–Crippen MR) is 71.1 cm³/mol. The molecular weight excluding hydrogens is 536 g/mol. The van der Waals surface area contributed by atoms with Crippen LogP contribution in [0.3, 0.4) is 0 Å². The topological polar surface area (TPSA) is 55.8 Å². The number of ether oxygens (including phenoxy) is 2. The van der Waals surface area contributed by atoms with Crippen LogP contribution in [-0.4, -0.2) is 64.6 Å². The summed E-state index contributed by atoms with van der Waals surface area (Å²) in [6.45, 7) is 1.50. The van der Waals surface area contributed by atoms with Crippen LogP contribution < -0.4 is 0 Å². The summed E-state index contributed by atoms with van der Waals surface area (Å²) in [5.74, 6) is -26.3. The molecule has 1 saturated heterocycles. The minimum Gasteiger partial charge on any atom is -0.414 e. The second-order valence-electron chi connectivity index (χ2n) is 6.62. The van der Waals surface area contributed by atoms with Gasteiger partial charge in [0.05, 0.1) is 0 Å². The summed E-state index contributed by atoms with van der Waals surface area (Å²) in [6, 6.07) is 0. The van der Waals surface area contributed by atoms with Crippen molar-refractivity contribution in [1.29, 1.82) is 0 Å². The lowest BCUT2D eigenvalue weighted by Gasteiger charge is -2.59. The molecule has 200 valence electrons. The first-order chi connectivity index (χ1) is 14.6. The van der Waals surface area contributed by atoms with Crippen molar-refractivity contribution < 1.29 is 89.6 Å². The van der Waals surface area contributed by atoms with Crippen molar-refractivity contribution in [1.82, 2.24) is 0 Å². The largest absolute Gasteiger partial charge is 0.462 e. The van der Waals surface area contributed by atoms with E-state index in [0.29, 0.717) is 0 Å². The number of halogens is 16. The van der Waals surface area contributed by atoms with Gasteiger partial charge >= 0.3 is 48.3 Å². The first-order valence-electron chi connectivity index (χ1n) is 7.93. The molecule has 20 heteroatoms. The van der Waals surface area contributed by atoms with Crippen molar-refractivity contribution >= 4 is 5.97 Å². The zero-order chi connectivity index (χ0) is 27.8. The van der Waals surface area contributed by atoms with E-state index in [9.17, 15) is 80.1 Å². The van der Waals surface area contributed by atoms with Gasteiger partial charge in [0.25, 0.3) is 5.60 Å². The summed E-state index contributed by atoms with van der Waals surface area (Å²) in [7, 11) is 0. The molecule has 1 aliphatic rings. The average molecular weight is 544 g/mol. The molecule has 0 amide bonds. The lowest BCUT2D eigenvalue weighted by Crippen LogP contribution is -2.90. The van der Waals surface area contributed by atoms with E-state index in [1.54, 1.807) is 6.58 Å². The first-order valence-corrected chi connectivity index (χ1v) is 7.93. The number of alkyl halides is 16. The third kappa shape index (κ3) is 3.49. The van der Waals surface area contributed by atoms with Gasteiger partial charge in [-0.15, -0.1) is 0 Å². The maximum Gasteiger partial charge on any atom is 0.462 e. The number of hydrogen-bond donors (Lipinski definition) is 1. The quantitative estimate of drug-likeness (QED) is 0.301. The summed E-state index contributed by atoms with van der Waals surface area (Å²) >= 11 is 0. The van der Waals surface area contributed by atoms with Gasteiger partial charge in [-0.25, -0.2) is 4.79 Å². The molecule has 1 heterocycles. The first kappa shape index (κ1) is 30.0. The molecule has 0 aromatic carbocycles. The van der Waals surface area contributed by atoms with Gasteiger partial charge in [0.2, 0.25) is 5.60 Å². The number of carbonyl (C=O) groups excluding carboxylic acids is 1. The number of rotatable bonds is 3. The summed E-state index contributed by atoms with van der Waals surface area (Å²) in [4.78, 5) is 11.4. The van der Waals surface area contributed by atoms with Gasteiger partial charge < -0.3 is 14.6 Å². The molecule has 1 N–H and O–H groups in total. The molecule has 0 bridgehead atoms. The zero-order valence-corrected chi connectivity index (χ0v) is 15.6. The fourth-order valence-corrected chi connectivity index (χ4v) is 2.87. The van der Waals surface area contributed by atoms with Crippen molar-refractivity contribution in [3.05, 3.63) is 12.2 Å².